The van der Waals surface area contributed by atoms with Gasteiger partial charge in [0, 0.05) is 35.5 Å². The van der Waals surface area contributed by atoms with E-state index >= 15 is 0 Å². The Morgan fingerprint density at radius 1 is 1.16 bits per heavy atom. The predicted octanol–water partition coefficient (Wildman–Crippen LogP) is 3.51. The van der Waals surface area contributed by atoms with Crippen molar-refractivity contribution in [1.82, 2.24) is 9.55 Å². The minimum Gasteiger partial charge on any atom is -0.300 e. The third-order valence-electron chi connectivity index (χ3n) is 2.69. The van der Waals surface area contributed by atoms with Crippen molar-refractivity contribution in [2.75, 3.05) is 0 Å². The van der Waals surface area contributed by atoms with Gasteiger partial charge in [-0.15, -0.1) is 11.3 Å². The van der Waals surface area contributed by atoms with Crippen molar-refractivity contribution in [2.24, 2.45) is 0 Å². The molecule has 0 N–H and O–H groups in total. The van der Waals surface area contributed by atoms with Crippen LogP contribution in [0.2, 0.25) is 0 Å². The smallest absolute Gasteiger partial charge is 0.269 e. The first-order chi connectivity index (χ1) is 9.24. The van der Waals surface area contributed by atoms with Crippen molar-refractivity contribution in [3.05, 3.63) is 64.3 Å². The third kappa shape index (κ3) is 2.25. The topological polar surface area (TPSA) is 61.0 Å². The van der Waals surface area contributed by atoms with Gasteiger partial charge in [0.05, 0.1) is 10.6 Å². The molecule has 0 aliphatic heterocycles. The molecule has 0 aliphatic rings. The number of nitro benzene ring substituents is 1. The fourth-order valence-corrected chi connectivity index (χ4v) is 2.53. The van der Waals surface area contributed by atoms with Crippen molar-refractivity contribution in [2.45, 2.75) is 0 Å². The van der Waals surface area contributed by atoms with Crippen molar-refractivity contribution in [3.63, 3.8) is 0 Å². The molecule has 2 heterocycles. The van der Waals surface area contributed by atoms with Crippen molar-refractivity contribution < 1.29 is 4.92 Å². The molecule has 0 amide bonds. The second-order valence-corrected chi connectivity index (χ2v) is 4.75. The Morgan fingerprint density at radius 2 is 1.84 bits per heavy atom. The summed E-state index contributed by atoms with van der Waals surface area (Å²) >= 11 is 1.53. The third-order valence-corrected chi connectivity index (χ3v) is 3.55. The zero-order valence-electron chi connectivity index (χ0n) is 9.76. The second-order valence-electron chi connectivity index (χ2n) is 3.91. The Morgan fingerprint density at radius 3 is 2.47 bits per heavy atom. The summed E-state index contributed by atoms with van der Waals surface area (Å²) in [6.45, 7) is 0. The van der Waals surface area contributed by atoms with Gasteiger partial charge in [0.1, 0.15) is 0 Å². The molecule has 3 aromatic rings. The van der Waals surface area contributed by atoms with Crippen LogP contribution in [0.4, 0.5) is 5.69 Å². The Balaban J connectivity index is 1.92. The van der Waals surface area contributed by atoms with Crippen LogP contribution in [0.1, 0.15) is 0 Å². The van der Waals surface area contributed by atoms with E-state index in [1.54, 1.807) is 12.1 Å². The van der Waals surface area contributed by atoms with Crippen molar-refractivity contribution in [3.8, 4) is 16.4 Å². The minimum atomic E-state index is -0.407. The lowest BCUT2D eigenvalue weighted by molar-refractivity contribution is -0.384. The summed E-state index contributed by atoms with van der Waals surface area (Å²) in [6.07, 6.45) is 3.86. The molecular formula is C13H9N3O2S. The summed E-state index contributed by atoms with van der Waals surface area (Å²) in [5, 5.41) is 13.4. The molecule has 0 saturated heterocycles. The van der Waals surface area contributed by atoms with E-state index in [1.807, 2.05) is 34.5 Å². The number of thiazole rings is 1. The monoisotopic (exact) mass is 271 g/mol. The van der Waals surface area contributed by atoms with Crippen LogP contribution in [0.15, 0.2) is 54.2 Å². The minimum absolute atomic E-state index is 0.0876. The Kier molecular flexibility index (Phi) is 2.85. The van der Waals surface area contributed by atoms with Crippen LogP contribution in [-0.2, 0) is 0 Å². The van der Waals surface area contributed by atoms with E-state index in [1.165, 1.54) is 23.5 Å². The number of hydrogen-bond acceptors (Lipinski definition) is 4. The van der Waals surface area contributed by atoms with E-state index in [4.69, 9.17) is 0 Å². The van der Waals surface area contributed by atoms with E-state index in [-0.39, 0.29) is 5.69 Å². The van der Waals surface area contributed by atoms with Crippen LogP contribution < -0.4 is 0 Å². The predicted molar refractivity (Wildman–Crippen MR) is 73.5 cm³/mol. The van der Waals surface area contributed by atoms with Gasteiger partial charge in [0.15, 0.2) is 5.13 Å². The Labute approximate surface area is 112 Å². The molecule has 0 atom stereocenters. The number of nitrogens with zero attached hydrogens (tertiary/aromatic N) is 3. The second kappa shape index (κ2) is 4.66. The van der Waals surface area contributed by atoms with Crippen LogP contribution in [0.25, 0.3) is 16.4 Å². The lowest BCUT2D eigenvalue weighted by atomic mass is 10.1. The van der Waals surface area contributed by atoms with E-state index in [2.05, 4.69) is 4.98 Å². The van der Waals surface area contributed by atoms with Gasteiger partial charge in [0.25, 0.3) is 5.69 Å². The van der Waals surface area contributed by atoms with E-state index in [0.717, 1.165) is 16.4 Å². The number of aromatic nitrogens is 2. The van der Waals surface area contributed by atoms with Crippen LogP contribution in [-0.4, -0.2) is 14.5 Å². The number of nitro groups is 1. The van der Waals surface area contributed by atoms with Gasteiger partial charge in [-0.3, -0.25) is 10.1 Å². The van der Waals surface area contributed by atoms with E-state index in [0.29, 0.717) is 0 Å². The van der Waals surface area contributed by atoms with Crippen LogP contribution >= 0.6 is 11.3 Å². The standard InChI is InChI=1S/C13H9N3O2S/c17-16(18)11-5-3-10(4-6-11)12-9-19-13(14-12)15-7-1-2-8-15/h1-9H. The quantitative estimate of drug-likeness (QED) is 0.541. The highest BCUT2D eigenvalue weighted by atomic mass is 32.1. The van der Waals surface area contributed by atoms with Crippen LogP contribution in [0.5, 0.6) is 0 Å². The summed E-state index contributed by atoms with van der Waals surface area (Å²) in [5.41, 5.74) is 1.79. The van der Waals surface area contributed by atoms with E-state index < -0.39 is 4.92 Å². The molecule has 1 aromatic carbocycles. The van der Waals surface area contributed by atoms with Crippen molar-refractivity contribution in [1.29, 1.82) is 0 Å². The summed E-state index contributed by atoms with van der Waals surface area (Å²) in [7, 11) is 0. The number of rotatable bonds is 3. The molecule has 0 bridgehead atoms. The van der Waals surface area contributed by atoms with Gasteiger partial charge in [0.2, 0.25) is 0 Å². The summed E-state index contributed by atoms with van der Waals surface area (Å²) in [5.74, 6) is 0. The Hall–Kier alpha value is -2.47. The fraction of sp³-hybridized carbons (Fsp3) is 0. The lowest BCUT2D eigenvalue weighted by Gasteiger charge is -1.97. The molecule has 0 fully saturated rings. The van der Waals surface area contributed by atoms with Gasteiger partial charge in [-0.25, -0.2) is 4.98 Å². The first kappa shape index (κ1) is 11.6. The number of non-ortho nitro benzene ring substituents is 1. The molecule has 6 heteroatoms. The highest BCUT2D eigenvalue weighted by Gasteiger charge is 2.08. The molecule has 2 aromatic heterocycles. The Bertz CT molecular complexity index is 702. The maximum atomic E-state index is 10.6. The summed E-state index contributed by atoms with van der Waals surface area (Å²) in [4.78, 5) is 14.7. The zero-order valence-corrected chi connectivity index (χ0v) is 10.6. The molecule has 0 spiro atoms. The van der Waals surface area contributed by atoms with Gasteiger partial charge in [-0.05, 0) is 24.3 Å². The van der Waals surface area contributed by atoms with Gasteiger partial charge < -0.3 is 4.57 Å². The molecule has 0 unspecified atom stereocenters. The summed E-state index contributed by atoms with van der Waals surface area (Å²) in [6, 6.07) is 10.3. The molecule has 5 nitrogen and oxygen atoms in total. The maximum Gasteiger partial charge on any atom is 0.269 e. The molecule has 0 aliphatic carbocycles. The van der Waals surface area contributed by atoms with Gasteiger partial charge in [-0.1, -0.05) is 0 Å². The molecule has 19 heavy (non-hydrogen) atoms. The normalized spacial score (nSPS) is 10.5. The zero-order chi connectivity index (χ0) is 13.2. The molecule has 3 rings (SSSR count). The first-order valence-electron chi connectivity index (χ1n) is 5.58. The summed E-state index contributed by atoms with van der Waals surface area (Å²) < 4.78 is 1.93. The largest absolute Gasteiger partial charge is 0.300 e. The first-order valence-corrected chi connectivity index (χ1v) is 6.46. The highest BCUT2D eigenvalue weighted by Crippen LogP contribution is 2.25. The average Bonchev–Trinajstić information content (AvgIpc) is 3.10. The molecule has 0 saturated carbocycles. The van der Waals surface area contributed by atoms with Crippen molar-refractivity contribution >= 4 is 17.0 Å². The molecular weight excluding hydrogens is 262 g/mol. The van der Waals surface area contributed by atoms with E-state index in [9.17, 15) is 10.1 Å². The van der Waals surface area contributed by atoms with Gasteiger partial charge in [-0.2, -0.15) is 0 Å². The number of benzene rings is 1. The maximum absolute atomic E-state index is 10.6. The van der Waals surface area contributed by atoms with Gasteiger partial charge >= 0.3 is 0 Å². The molecule has 0 radical (unpaired) electrons. The highest BCUT2D eigenvalue weighted by molar-refractivity contribution is 7.12. The average molecular weight is 271 g/mol. The molecule has 94 valence electrons. The number of hydrogen-bond donors (Lipinski definition) is 0. The lowest BCUT2D eigenvalue weighted by Crippen LogP contribution is -1.89. The van der Waals surface area contributed by atoms with Crippen LogP contribution in [0.3, 0.4) is 0 Å². The fourth-order valence-electron chi connectivity index (χ4n) is 1.73. The van der Waals surface area contributed by atoms with Crippen LogP contribution in [0, 0.1) is 10.1 Å². The SMILES string of the molecule is O=[N+]([O-])c1ccc(-c2csc(-n3cccc3)n2)cc1.